The molecule has 3 heterocycles. The summed E-state index contributed by atoms with van der Waals surface area (Å²) in [6.07, 6.45) is 0. The number of rotatable bonds is 7. The van der Waals surface area contributed by atoms with Gasteiger partial charge < -0.3 is 4.57 Å². The topological polar surface area (TPSA) is 43.6 Å². The molecule has 326 valence electrons. The number of hydrogen-bond donors (Lipinski definition) is 0. The molecule has 0 saturated carbocycles. The lowest BCUT2D eigenvalue weighted by Crippen LogP contribution is -2.04. The fourth-order valence-electron chi connectivity index (χ4n) is 10.8. The zero-order chi connectivity index (χ0) is 46.2. The molecule has 5 heteroatoms. The number of nitrogens with zero attached hydrogens (tertiary/aromatic N) is 4. The minimum atomic E-state index is 0.609. The second-order valence-corrected chi connectivity index (χ2v) is 19.4. The van der Waals surface area contributed by atoms with Crippen molar-refractivity contribution in [3.8, 4) is 73.2 Å². The second-order valence-electron chi connectivity index (χ2n) is 18.4. The molecule has 0 aliphatic rings. The highest BCUT2D eigenvalue weighted by Crippen LogP contribution is 2.45. The molecule has 4 nitrogen and oxygen atoms in total. The summed E-state index contributed by atoms with van der Waals surface area (Å²) in [6.45, 7) is 13.3. The Bertz CT molecular complexity index is 3750. The summed E-state index contributed by atoms with van der Waals surface area (Å²) in [5, 5.41) is 4.92. The third kappa shape index (κ3) is 7.01. The molecule has 0 unspecified atom stereocenters. The fourth-order valence-corrected chi connectivity index (χ4v) is 12.1. The highest BCUT2D eigenvalue weighted by atomic mass is 32.1. The Balaban J connectivity index is 1.17. The zero-order valence-corrected chi connectivity index (χ0v) is 39.8. The van der Waals surface area contributed by atoms with Gasteiger partial charge in [0.05, 0.1) is 16.7 Å². The van der Waals surface area contributed by atoms with Crippen molar-refractivity contribution in [2.75, 3.05) is 0 Å². The molecule has 0 atom stereocenters. The predicted octanol–water partition coefficient (Wildman–Crippen LogP) is 17.2. The number of aryl methyl sites for hydroxylation is 6. The van der Waals surface area contributed by atoms with Gasteiger partial charge in [0.15, 0.2) is 17.5 Å². The quantitative estimate of drug-likeness (QED) is 0.160. The first-order valence-electron chi connectivity index (χ1n) is 23.3. The summed E-state index contributed by atoms with van der Waals surface area (Å²) in [7, 11) is 0. The third-order valence-electron chi connectivity index (χ3n) is 13.6. The van der Waals surface area contributed by atoms with Gasteiger partial charge in [0.25, 0.3) is 0 Å². The lowest BCUT2D eigenvalue weighted by atomic mass is 9.91. The van der Waals surface area contributed by atoms with Crippen molar-refractivity contribution in [1.29, 1.82) is 0 Å². The van der Waals surface area contributed by atoms with Crippen LogP contribution < -0.4 is 0 Å². The molecular weight excluding hydrogens is 845 g/mol. The molecule has 12 aromatic rings. The SMILES string of the molecule is Cc1cc(C)c(-c2ccc3c(c2)c2cc(-c4c(C)cc(C)cc4C)ccc2n3-c2ccc(-c3cccc4c3sc3ccccc34)cc2-c2nc(-c3ccccc3)nc(-c3ccccc3)n2)c(C)c1. The molecular formula is C63H48N4S. The Morgan fingerprint density at radius 3 is 1.40 bits per heavy atom. The molecule has 0 spiro atoms. The number of benzene rings is 9. The Morgan fingerprint density at radius 1 is 0.353 bits per heavy atom. The first kappa shape index (κ1) is 41.4. The van der Waals surface area contributed by atoms with E-state index in [1.807, 2.05) is 47.7 Å². The van der Waals surface area contributed by atoms with Crippen LogP contribution in [-0.2, 0) is 0 Å². The standard InChI is InChI=1S/C63H48N4S/c1-37-30-39(3)58(40(4)31-37)46-25-28-54-51(35-46)52-36-47(59-41(5)32-38(2)33-42(59)6)26-29-55(52)67(54)56-27-24-45(48-21-15-22-50-49-20-13-14-23-57(49)68-60(48)50)34-53(56)63-65-61(43-16-9-7-10-17-43)64-62(66-63)44-18-11-8-12-19-44/h7-36H,1-6H3. The van der Waals surface area contributed by atoms with Crippen LogP contribution in [0.5, 0.6) is 0 Å². The summed E-state index contributed by atoms with van der Waals surface area (Å²) in [5.41, 5.74) is 20.9. The van der Waals surface area contributed by atoms with E-state index in [1.165, 1.54) is 92.1 Å². The largest absolute Gasteiger partial charge is 0.308 e. The highest BCUT2D eigenvalue weighted by molar-refractivity contribution is 7.26. The van der Waals surface area contributed by atoms with Gasteiger partial charge >= 0.3 is 0 Å². The zero-order valence-electron chi connectivity index (χ0n) is 39.0. The van der Waals surface area contributed by atoms with E-state index >= 15 is 0 Å². The van der Waals surface area contributed by atoms with Crippen molar-refractivity contribution in [3.05, 3.63) is 215 Å². The van der Waals surface area contributed by atoms with Gasteiger partial charge in [0.1, 0.15) is 0 Å². The molecule has 68 heavy (non-hydrogen) atoms. The predicted molar refractivity (Wildman–Crippen MR) is 288 cm³/mol. The van der Waals surface area contributed by atoms with Crippen LogP contribution in [0.4, 0.5) is 0 Å². The molecule has 0 radical (unpaired) electrons. The van der Waals surface area contributed by atoms with Gasteiger partial charge in [-0.25, -0.2) is 15.0 Å². The smallest absolute Gasteiger partial charge is 0.166 e. The number of aromatic nitrogens is 4. The van der Waals surface area contributed by atoms with E-state index in [1.54, 1.807) is 0 Å². The van der Waals surface area contributed by atoms with Gasteiger partial charge in [0, 0.05) is 47.6 Å². The number of fused-ring (bicyclic) bond motifs is 6. The number of thiophene rings is 1. The first-order valence-corrected chi connectivity index (χ1v) is 24.2. The van der Waals surface area contributed by atoms with E-state index in [0.29, 0.717) is 17.5 Å². The van der Waals surface area contributed by atoms with Gasteiger partial charge in [-0.3, -0.25) is 0 Å². The van der Waals surface area contributed by atoms with E-state index in [9.17, 15) is 0 Å². The maximum absolute atomic E-state index is 5.39. The van der Waals surface area contributed by atoms with Crippen LogP contribution in [0.25, 0.3) is 115 Å². The van der Waals surface area contributed by atoms with Crippen LogP contribution in [0.3, 0.4) is 0 Å². The molecule has 9 aromatic carbocycles. The molecule has 0 amide bonds. The summed E-state index contributed by atoms with van der Waals surface area (Å²) in [5.74, 6) is 1.86. The second kappa shape index (κ2) is 16.4. The molecule has 0 saturated heterocycles. The van der Waals surface area contributed by atoms with Gasteiger partial charge in [-0.2, -0.15) is 0 Å². The highest BCUT2D eigenvalue weighted by Gasteiger charge is 2.23. The molecule has 12 rings (SSSR count). The van der Waals surface area contributed by atoms with Gasteiger partial charge in [-0.05, 0) is 140 Å². The molecule has 0 N–H and O–H groups in total. The maximum Gasteiger partial charge on any atom is 0.166 e. The number of hydrogen-bond acceptors (Lipinski definition) is 4. The van der Waals surface area contributed by atoms with Crippen molar-refractivity contribution in [2.24, 2.45) is 0 Å². The molecule has 0 fully saturated rings. The van der Waals surface area contributed by atoms with Crippen molar-refractivity contribution in [1.82, 2.24) is 19.5 Å². The Hall–Kier alpha value is -7.99. The fraction of sp³-hybridized carbons (Fsp3) is 0.0952. The van der Waals surface area contributed by atoms with E-state index in [2.05, 4.69) is 192 Å². The Morgan fingerprint density at radius 2 is 0.838 bits per heavy atom. The average molecular weight is 893 g/mol. The van der Waals surface area contributed by atoms with Crippen LogP contribution in [0.2, 0.25) is 0 Å². The minimum Gasteiger partial charge on any atom is -0.308 e. The van der Waals surface area contributed by atoms with E-state index in [-0.39, 0.29) is 0 Å². The van der Waals surface area contributed by atoms with E-state index < -0.39 is 0 Å². The summed E-state index contributed by atoms with van der Waals surface area (Å²) in [6, 6.07) is 66.1. The van der Waals surface area contributed by atoms with Gasteiger partial charge in [-0.15, -0.1) is 11.3 Å². The van der Waals surface area contributed by atoms with Gasteiger partial charge in [0.2, 0.25) is 0 Å². The summed E-state index contributed by atoms with van der Waals surface area (Å²) in [4.78, 5) is 15.9. The summed E-state index contributed by atoms with van der Waals surface area (Å²) >= 11 is 1.85. The Kier molecular flexibility index (Phi) is 10.00. The van der Waals surface area contributed by atoms with Crippen molar-refractivity contribution in [3.63, 3.8) is 0 Å². The third-order valence-corrected chi connectivity index (χ3v) is 14.8. The average Bonchev–Trinajstić information content (AvgIpc) is 3.89. The van der Waals surface area contributed by atoms with Crippen molar-refractivity contribution < 1.29 is 0 Å². The minimum absolute atomic E-state index is 0.609. The molecule has 3 aromatic heterocycles. The lowest BCUT2D eigenvalue weighted by molar-refractivity contribution is 1.06. The van der Waals surface area contributed by atoms with Crippen LogP contribution in [0, 0.1) is 41.5 Å². The van der Waals surface area contributed by atoms with Crippen LogP contribution >= 0.6 is 11.3 Å². The van der Waals surface area contributed by atoms with Crippen LogP contribution in [-0.4, -0.2) is 19.5 Å². The normalized spacial score (nSPS) is 11.7. The van der Waals surface area contributed by atoms with E-state index in [4.69, 9.17) is 15.0 Å². The maximum atomic E-state index is 5.39. The monoisotopic (exact) mass is 892 g/mol. The van der Waals surface area contributed by atoms with E-state index in [0.717, 1.165) is 39.0 Å². The molecule has 0 bridgehead atoms. The molecule has 0 aliphatic heterocycles. The van der Waals surface area contributed by atoms with Crippen molar-refractivity contribution in [2.45, 2.75) is 41.5 Å². The molecule has 0 aliphatic carbocycles. The lowest BCUT2D eigenvalue weighted by Gasteiger charge is -2.17. The Labute approximate surface area is 400 Å². The first-order chi connectivity index (χ1) is 33.2. The van der Waals surface area contributed by atoms with Crippen LogP contribution in [0.15, 0.2) is 182 Å². The van der Waals surface area contributed by atoms with Gasteiger partial charge in [-0.1, -0.05) is 151 Å². The summed E-state index contributed by atoms with van der Waals surface area (Å²) < 4.78 is 4.98. The van der Waals surface area contributed by atoms with Crippen molar-refractivity contribution >= 4 is 53.3 Å². The van der Waals surface area contributed by atoms with Crippen LogP contribution in [0.1, 0.15) is 33.4 Å².